The minimum atomic E-state index is -0.584. The maximum atomic E-state index is 11.1. The molecule has 7 heteroatoms. The molecule has 0 spiro atoms. The molecule has 2 rings (SSSR count). The normalized spacial score (nSPS) is 18.1. The molecule has 1 aliphatic heterocycles. The van der Waals surface area contributed by atoms with Crippen LogP contribution in [0.5, 0.6) is 5.75 Å². The van der Waals surface area contributed by atoms with Crippen molar-refractivity contribution >= 4 is 5.69 Å². The number of hydrogen-bond donors (Lipinski definition) is 3. The fraction of sp³-hybridized carbons (Fsp3) is 0.600. The van der Waals surface area contributed by atoms with Gasteiger partial charge in [0.1, 0.15) is 0 Å². The lowest BCUT2D eigenvalue weighted by Gasteiger charge is -2.43. The van der Waals surface area contributed by atoms with Crippen LogP contribution in [0.2, 0.25) is 0 Å². The molecule has 1 atom stereocenters. The third kappa shape index (κ3) is 3.37. The number of phenolic OH excluding ortho intramolecular Hbond substituents is 1. The summed E-state index contributed by atoms with van der Waals surface area (Å²) in [5, 5.41) is 33.7. The minimum absolute atomic E-state index is 0.0315. The lowest BCUT2D eigenvalue weighted by molar-refractivity contribution is -0.386. The van der Waals surface area contributed by atoms with Crippen LogP contribution in [-0.2, 0) is 0 Å². The number of nitrogens with zero attached hydrogens (tertiary/aromatic N) is 2. The Morgan fingerprint density at radius 1 is 1.41 bits per heavy atom. The Morgan fingerprint density at radius 3 is 2.59 bits per heavy atom. The van der Waals surface area contributed by atoms with Gasteiger partial charge in [-0.3, -0.25) is 15.0 Å². The molecule has 1 fully saturated rings. The lowest BCUT2D eigenvalue weighted by atomic mass is 9.79. The maximum absolute atomic E-state index is 11.1. The molecule has 0 amide bonds. The zero-order valence-electron chi connectivity index (χ0n) is 13.0. The van der Waals surface area contributed by atoms with Crippen molar-refractivity contribution < 1.29 is 15.1 Å². The highest BCUT2D eigenvalue weighted by Gasteiger charge is 2.36. The Kier molecular flexibility index (Phi) is 5.00. The number of hydrogen-bond acceptors (Lipinski definition) is 6. The van der Waals surface area contributed by atoms with Crippen molar-refractivity contribution in [1.29, 1.82) is 0 Å². The van der Waals surface area contributed by atoms with Crippen LogP contribution in [0, 0.1) is 15.5 Å². The number of benzene rings is 1. The number of rotatable bonds is 5. The number of phenols is 1. The lowest BCUT2D eigenvalue weighted by Crippen LogP contribution is -2.49. The van der Waals surface area contributed by atoms with Gasteiger partial charge >= 0.3 is 5.69 Å². The Balaban J connectivity index is 2.44. The first-order valence-corrected chi connectivity index (χ1v) is 7.40. The van der Waals surface area contributed by atoms with Crippen molar-refractivity contribution in [3.8, 4) is 5.75 Å². The summed E-state index contributed by atoms with van der Waals surface area (Å²) >= 11 is 0. The predicted molar refractivity (Wildman–Crippen MR) is 82.8 cm³/mol. The molecule has 1 aromatic carbocycles. The first kappa shape index (κ1) is 16.7. The number of aromatic hydroxyl groups is 1. The summed E-state index contributed by atoms with van der Waals surface area (Å²) in [5.41, 5.74) is -0.0147. The second-order valence-corrected chi connectivity index (χ2v) is 6.34. The predicted octanol–water partition coefficient (Wildman–Crippen LogP) is 1.27. The van der Waals surface area contributed by atoms with Gasteiger partial charge in [-0.2, -0.15) is 0 Å². The van der Waals surface area contributed by atoms with E-state index in [0.717, 1.165) is 31.7 Å². The van der Waals surface area contributed by atoms with Gasteiger partial charge in [-0.15, -0.1) is 0 Å². The molecule has 3 N–H and O–H groups in total. The summed E-state index contributed by atoms with van der Waals surface area (Å²) in [5.74, 6) is -0.338. The fourth-order valence-corrected chi connectivity index (χ4v) is 3.04. The van der Waals surface area contributed by atoms with Crippen LogP contribution in [0.1, 0.15) is 25.5 Å². The Hall–Kier alpha value is -1.70. The van der Waals surface area contributed by atoms with Crippen molar-refractivity contribution in [2.24, 2.45) is 5.41 Å². The molecular weight excluding hydrogens is 286 g/mol. The SMILES string of the molecule is CC(C)(CO)[C@H](c1ccc(O)c([N+](=O)[O-])c1)N1CCNCC1. The van der Waals surface area contributed by atoms with Gasteiger partial charge in [-0.25, -0.2) is 0 Å². The molecule has 0 unspecified atom stereocenters. The van der Waals surface area contributed by atoms with E-state index in [4.69, 9.17) is 0 Å². The molecule has 7 nitrogen and oxygen atoms in total. The van der Waals surface area contributed by atoms with Gasteiger partial charge in [0.05, 0.1) is 4.92 Å². The number of piperazine rings is 1. The quantitative estimate of drug-likeness (QED) is 0.559. The van der Waals surface area contributed by atoms with Crippen LogP contribution < -0.4 is 5.32 Å². The maximum Gasteiger partial charge on any atom is 0.311 e. The molecular formula is C15H23N3O4. The summed E-state index contributed by atoms with van der Waals surface area (Å²) < 4.78 is 0. The molecule has 22 heavy (non-hydrogen) atoms. The van der Waals surface area contributed by atoms with Gasteiger partial charge < -0.3 is 15.5 Å². The van der Waals surface area contributed by atoms with Gasteiger partial charge in [0, 0.05) is 50.3 Å². The highest BCUT2D eigenvalue weighted by Crippen LogP contribution is 2.40. The summed E-state index contributed by atoms with van der Waals surface area (Å²) in [6.45, 7) is 7.16. The van der Waals surface area contributed by atoms with Crippen LogP contribution >= 0.6 is 0 Å². The number of nitro benzene ring substituents is 1. The molecule has 122 valence electrons. The molecule has 1 aliphatic rings. The highest BCUT2D eigenvalue weighted by atomic mass is 16.6. The van der Waals surface area contributed by atoms with Gasteiger partial charge in [0.25, 0.3) is 0 Å². The van der Waals surface area contributed by atoms with E-state index in [9.17, 15) is 20.3 Å². The van der Waals surface area contributed by atoms with E-state index in [0.29, 0.717) is 0 Å². The van der Waals surface area contributed by atoms with Crippen molar-refractivity contribution in [3.05, 3.63) is 33.9 Å². The summed E-state index contributed by atoms with van der Waals surface area (Å²) in [6, 6.07) is 4.32. The van der Waals surface area contributed by atoms with Crippen LogP contribution in [0.3, 0.4) is 0 Å². The fourth-order valence-electron chi connectivity index (χ4n) is 3.04. The molecule has 0 aromatic heterocycles. The topological polar surface area (TPSA) is 98.9 Å². The Bertz CT molecular complexity index is 542. The molecule has 1 aromatic rings. The largest absolute Gasteiger partial charge is 0.502 e. The molecule has 1 saturated heterocycles. The Labute approximate surface area is 129 Å². The van der Waals surface area contributed by atoms with Gasteiger partial charge in [0.2, 0.25) is 0 Å². The zero-order chi connectivity index (χ0) is 16.3. The van der Waals surface area contributed by atoms with Crippen LogP contribution in [0.25, 0.3) is 0 Å². The van der Waals surface area contributed by atoms with Gasteiger partial charge in [0.15, 0.2) is 5.75 Å². The standard InChI is InChI=1S/C15H23N3O4/c1-15(2,10-19)14(17-7-5-16-6-8-17)11-3-4-13(20)12(9-11)18(21)22/h3-4,9,14,16,19-20H,5-8,10H2,1-2H3/t14-/m0/s1. The van der Waals surface area contributed by atoms with Crippen LogP contribution in [-0.4, -0.2) is 52.8 Å². The molecule has 0 bridgehead atoms. The van der Waals surface area contributed by atoms with E-state index >= 15 is 0 Å². The summed E-state index contributed by atoms with van der Waals surface area (Å²) in [4.78, 5) is 12.7. The molecule has 0 aliphatic carbocycles. The van der Waals surface area contributed by atoms with Crippen LogP contribution in [0.15, 0.2) is 18.2 Å². The van der Waals surface area contributed by atoms with E-state index in [1.54, 1.807) is 6.07 Å². The van der Waals surface area contributed by atoms with Crippen LogP contribution in [0.4, 0.5) is 5.69 Å². The summed E-state index contributed by atoms with van der Waals surface area (Å²) in [7, 11) is 0. The van der Waals surface area contributed by atoms with E-state index in [-0.39, 0.29) is 24.1 Å². The number of nitrogens with one attached hydrogen (secondary N) is 1. The summed E-state index contributed by atoms with van der Waals surface area (Å²) in [6.07, 6.45) is 0. The molecule has 0 saturated carbocycles. The van der Waals surface area contributed by atoms with E-state index in [2.05, 4.69) is 10.2 Å². The van der Waals surface area contributed by atoms with E-state index in [1.807, 2.05) is 13.8 Å². The monoisotopic (exact) mass is 309 g/mol. The van der Waals surface area contributed by atoms with Crippen molar-refractivity contribution in [1.82, 2.24) is 10.2 Å². The first-order chi connectivity index (χ1) is 10.4. The number of aliphatic hydroxyl groups is 1. The highest BCUT2D eigenvalue weighted by molar-refractivity contribution is 5.48. The average molecular weight is 309 g/mol. The molecule has 1 heterocycles. The van der Waals surface area contributed by atoms with Gasteiger partial charge in [-0.1, -0.05) is 19.9 Å². The second kappa shape index (κ2) is 6.60. The Morgan fingerprint density at radius 2 is 2.05 bits per heavy atom. The second-order valence-electron chi connectivity index (χ2n) is 6.34. The van der Waals surface area contributed by atoms with E-state index in [1.165, 1.54) is 12.1 Å². The minimum Gasteiger partial charge on any atom is -0.502 e. The third-order valence-corrected chi connectivity index (χ3v) is 4.18. The smallest absolute Gasteiger partial charge is 0.311 e. The third-order valence-electron chi connectivity index (χ3n) is 4.18. The number of nitro groups is 1. The number of aliphatic hydroxyl groups excluding tert-OH is 1. The van der Waals surface area contributed by atoms with Gasteiger partial charge in [-0.05, 0) is 11.6 Å². The van der Waals surface area contributed by atoms with Crippen molar-refractivity contribution in [2.75, 3.05) is 32.8 Å². The zero-order valence-corrected chi connectivity index (χ0v) is 13.0. The van der Waals surface area contributed by atoms with Crippen molar-refractivity contribution in [2.45, 2.75) is 19.9 Å². The average Bonchev–Trinajstić information content (AvgIpc) is 2.50. The van der Waals surface area contributed by atoms with Crippen molar-refractivity contribution in [3.63, 3.8) is 0 Å². The molecule has 0 radical (unpaired) electrons. The first-order valence-electron chi connectivity index (χ1n) is 7.40. The van der Waals surface area contributed by atoms with E-state index < -0.39 is 10.3 Å².